The lowest BCUT2D eigenvalue weighted by molar-refractivity contribution is 0.607. The maximum Gasteiger partial charge on any atom is 0.0446 e. The van der Waals surface area contributed by atoms with Crippen LogP contribution in [0.3, 0.4) is 0 Å². The monoisotopic (exact) mass is 235 g/mol. The largest absolute Gasteiger partial charge is 0.338 e. The standard InChI is InChI=1S/C17H17N/c1-2-7-15(8-3-1)18-16-9-5-4-6-14(16)12-17(18)13-10-11-13/h1-9,13,17H,10-12H2. The van der Waals surface area contributed by atoms with Gasteiger partial charge in [-0.3, -0.25) is 0 Å². The first-order valence-corrected chi connectivity index (χ1v) is 6.86. The van der Waals surface area contributed by atoms with Crippen LogP contribution in [0.2, 0.25) is 0 Å². The average Bonchev–Trinajstić information content (AvgIpc) is 3.20. The summed E-state index contributed by atoms with van der Waals surface area (Å²) in [5.74, 6) is 0.901. The highest BCUT2D eigenvalue weighted by molar-refractivity contribution is 5.71. The molecule has 1 aliphatic heterocycles. The molecule has 90 valence electrons. The summed E-state index contributed by atoms with van der Waals surface area (Å²) in [4.78, 5) is 2.56. The maximum absolute atomic E-state index is 2.56. The zero-order chi connectivity index (χ0) is 11.9. The Labute approximate surface area is 108 Å². The number of hydrogen-bond donors (Lipinski definition) is 0. The topological polar surface area (TPSA) is 3.24 Å². The molecule has 2 aliphatic rings. The van der Waals surface area contributed by atoms with Crippen molar-refractivity contribution in [1.82, 2.24) is 0 Å². The SMILES string of the molecule is c1ccc(N2c3ccccc3CC2C2CC2)cc1. The molecule has 1 heterocycles. The Kier molecular flexibility index (Phi) is 2.19. The van der Waals surface area contributed by atoms with E-state index in [1.807, 2.05) is 0 Å². The number of para-hydroxylation sites is 2. The normalized spacial score (nSPS) is 22.0. The van der Waals surface area contributed by atoms with Crippen LogP contribution in [-0.2, 0) is 6.42 Å². The summed E-state index contributed by atoms with van der Waals surface area (Å²) in [6.07, 6.45) is 4.03. The number of nitrogens with zero attached hydrogens (tertiary/aromatic N) is 1. The van der Waals surface area contributed by atoms with E-state index in [9.17, 15) is 0 Å². The second-order valence-electron chi connectivity index (χ2n) is 5.44. The van der Waals surface area contributed by atoms with Crippen LogP contribution in [0, 0.1) is 5.92 Å². The summed E-state index contributed by atoms with van der Waals surface area (Å²) in [5.41, 5.74) is 4.28. The summed E-state index contributed by atoms with van der Waals surface area (Å²) in [6.45, 7) is 0. The van der Waals surface area contributed by atoms with E-state index in [-0.39, 0.29) is 0 Å². The number of anilines is 2. The van der Waals surface area contributed by atoms with Crippen molar-refractivity contribution in [3.63, 3.8) is 0 Å². The van der Waals surface area contributed by atoms with Crippen molar-refractivity contribution in [2.75, 3.05) is 4.90 Å². The molecule has 18 heavy (non-hydrogen) atoms. The second-order valence-corrected chi connectivity index (χ2v) is 5.44. The van der Waals surface area contributed by atoms with Gasteiger partial charge in [0.1, 0.15) is 0 Å². The van der Waals surface area contributed by atoms with Crippen LogP contribution in [0.5, 0.6) is 0 Å². The van der Waals surface area contributed by atoms with Crippen molar-refractivity contribution in [1.29, 1.82) is 0 Å². The number of rotatable bonds is 2. The highest BCUT2D eigenvalue weighted by atomic mass is 15.2. The third kappa shape index (κ3) is 1.54. The molecule has 1 nitrogen and oxygen atoms in total. The first kappa shape index (κ1) is 10.2. The fourth-order valence-electron chi connectivity index (χ4n) is 3.19. The van der Waals surface area contributed by atoms with Crippen LogP contribution < -0.4 is 4.90 Å². The molecule has 1 fully saturated rings. The molecule has 1 atom stereocenters. The summed E-state index contributed by atoms with van der Waals surface area (Å²) < 4.78 is 0. The van der Waals surface area contributed by atoms with E-state index in [4.69, 9.17) is 0 Å². The summed E-state index contributed by atoms with van der Waals surface area (Å²) >= 11 is 0. The molecule has 1 unspecified atom stereocenters. The molecule has 0 saturated heterocycles. The van der Waals surface area contributed by atoms with Crippen LogP contribution in [0.15, 0.2) is 54.6 Å². The Bertz CT molecular complexity index is 557. The maximum atomic E-state index is 2.56. The average molecular weight is 235 g/mol. The van der Waals surface area contributed by atoms with E-state index in [2.05, 4.69) is 59.5 Å². The summed E-state index contributed by atoms with van der Waals surface area (Å²) in [7, 11) is 0. The molecular weight excluding hydrogens is 218 g/mol. The van der Waals surface area contributed by atoms with Gasteiger partial charge in [-0.15, -0.1) is 0 Å². The summed E-state index contributed by atoms with van der Waals surface area (Å²) in [5, 5.41) is 0. The number of benzene rings is 2. The first-order valence-electron chi connectivity index (χ1n) is 6.86. The molecule has 0 spiro atoms. The van der Waals surface area contributed by atoms with Gasteiger partial charge in [0.25, 0.3) is 0 Å². The van der Waals surface area contributed by atoms with Crippen molar-refractivity contribution in [2.24, 2.45) is 5.92 Å². The molecule has 0 radical (unpaired) electrons. The van der Waals surface area contributed by atoms with Gasteiger partial charge in [-0.1, -0.05) is 36.4 Å². The minimum Gasteiger partial charge on any atom is -0.338 e. The van der Waals surface area contributed by atoms with Crippen LogP contribution >= 0.6 is 0 Å². The molecule has 0 N–H and O–H groups in total. The van der Waals surface area contributed by atoms with E-state index in [1.54, 1.807) is 0 Å². The van der Waals surface area contributed by atoms with Gasteiger partial charge in [0.05, 0.1) is 0 Å². The smallest absolute Gasteiger partial charge is 0.0446 e. The Morgan fingerprint density at radius 3 is 2.33 bits per heavy atom. The van der Waals surface area contributed by atoms with E-state index in [0.29, 0.717) is 6.04 Å². The van der Waals surface area contributed by atoms with E-state index >= 15 is 0 Å². The van der Waals surface area contributed by atoms with Crippen molar-refractivity contribution in [2.45, 2.75) is 25.3 Å². The van der Waals surface area contributed by atoms with Gasteiger partial charge in [0.15, 0.2) is 0 Å². The fraction of sp³-hybridized carbons (Fsp3) is 0.294. The lowest BCUT2D eigenvalue weighted by Crippen LogP contribution is -2.29. The van der Waals surface area contributed by atoms with Crippen molar-refractivity contribution in [3.8, 4) is 0 Å². The Balaban J connectivity index is 1.81. The lowest BCUT2D eigenvalue weighted by Gasteiger charge is -2.27. The number of hydrogen-bond acceptors (Lipinski definition) is 1. The fourth-order valence-corrected chi connectivity index (χ4v) is 3.19. The molecule has 1 aliphatic carbocycles. The Hall–Kier alpha value is -1.76. The zero-order valence-corrected chi connectivity index (χ0v) is 10.4. The van der Waals surface area contributed by atoms with Gasteiger partial charge in [-0.2, -0.15) is 0 Å². The predicted octanol–water partition coefficient (Wildman–Crippen LogP) is 4.16. The van der Waals surface area contributed by atoms with Crippen LogP contribution in [0.4, 0.5) is 11.4 Å². The van der Waals surface area contributed by atoms with Crippen LogP contribution in [0.1, 0.15) is 18.4 Å². The minimum atomic E-state index is 0.685. The molecule has 2 aromatic carbocycles. The molecule has 0 bridgehead atoms. The minimum absolute atomic E-state index is 0.685. The predicted molar refractivity (Wildman–Crippen MR) is 75.2 cm³/mol. The quantitative estimate of drug-likeness (QED) is 0.755. The lowest BCUT2D eigenvalue weighted by atomic mass is 10.1. The van der Waals surface area contributed by atoms with Crippen molar-refractivity contribution in [3.05, 3.63) is 60.2 Å². The van der Waals surface area contributed by atoms with Crippen LogP contribution in [-0.4, -0.2) is 6.04 Å². The summed E-state index contributed by atoms with van der Waals surface area (Å²) in [6, 6.07) is 20.4. The number of fused-ring (bicyclic) bond motifs is 1. The first-order chi connectivity index (χ1) is 8.93. The van der Waals surface area contributed by atoms with Gasteiger partial charge < -0.3 is 4.90 Å². The molecule has 0 aromatic heterocycles. The zero-order valence-electron chi connectivity index (χ0n) is 10.4. The third-order valence-electron chi connectivity index (χ3n) is 4.21. The van der Waals surface area contributed by atoms with E-state index < -0.39 is 0 Å². The van der Waals surface area contributed by atoms with Gasteiger partial charge in [0, 0.05) is 17.4 Å². The highest BCUT2D eigenvalue weighted by Gasteiger charge is 2.40. The molecule has 0 amide bonds. The Morgan fingerprint density at radius 1 is 0.833 bits per heavy atom. The molecule has 4 rings (SSSR count). The van der Waals surface area contributed by atoms with E-state index in [1.165, 1.54) is 36.2 Å². The van der Waals surface area contributed by atoms with Gasteiger partial charge in [-0.05, 0) is 48.9 Å². The Morgan fingerprint density at radius 2 is 1.56 bits per heavy atom. The molecule has 2 aromatic rings. The molecular formula is C17H17N. The van der Waals surface area contributed by atoms with Crippen molar-refractivity contribution >= 4 is 11.4 Å². The second kappa shape index (κ2) is 3.88. The van der Waals surface area contributed by atoms with Crippen LogP contribution in [0.25, 0.3) is 0 Å². The van der Waals surface area contributed by atoms with Gasteiger partial charge >= 0.3 is 0 Å². The molecule has 1 saturated carbocycles. The van der Waals surface area contributed by atoms with E-state index in [0.717, 1.165) is 5.92 Å². The van der Waals surface area contributed by atoms with Gasteiger partial charge in [0.2, 0.25) is 0 Å². The van der Waals surface area contributed by atoms with Crippen molar-refractivity contribution < 1.29 is 0 Å². The van der Waals surface area contributed by atoms with Gasteiger partial charge in [-0.25, -0.2) is 0 Å². The highest BCUT2D eigenvalue weighted by Crippen LogP contribution is 2.47. The molecule has 1 heteroatoms. The third-order valence-corrected chi connectivity index (χ3v) is 4.21.